The van der Waals surface area contributed by atoms with Crippen LogP contribution in [0.3, 0.4) is 0 Å². The number of rotatable bonds is 3. The molecule has 1 rings (SSSR count). The average molecular weight is 243 g/mol. The number of amides is 1. The Hall–Kier alpha value is -1.26. The van der Waals surface area contributed by atoms with E-state index in [1.165, 1.54) is 0 Å². The van der Waals surface area contributed by atoms with Gasteiger partial charge in [-0.25, -0.2) is 4.79 Å². The van der Waals surface area contributed by atoms with E-state index in [1.54, 1.807) is 4.90 Å². The summed E-state index contributed by atoms with van der Waals surface area (Å²) in [6.45, 7) is 8.59. The summed E-state index contributed by atoms with van der Waals surface area (Å²) in [7, 11) is 0. The van der Waals surface area contributed by atoms with Gasteiger partial charge in [-0.3, -0.25) is 4.79 Å². The molecule has 0 spiro atoms. The molecular formula is C12H21NO4. The normalized spacial score (nSPS) is 18.5. The summed E-state index contributed by atoms with van der Waals surface area (Å²) >= 11 is 0. The third-order valence-corrected chi connectivity index (χ3v) is 2.86. The second-order valence-electron chi connectivity index (χ2n) is 5.72. The third-order valence-electron chi connectivity index (χ3n) is 2.86. The lowest BCUT2D eigenvalue weighted by atomic mass is 9.85. The van der Waals surface area contributed by atoms with E-state index in [2.05, 4.69) is 0 Å². The van der Waals surface area contributed by atoms with Gasteiger partial charge in [0.2, 0.25) is 0 Å². The lowest BCUT2D eigenvalue weighted by Crippen LogP contribution is -2.53. The Morgan fingerprint density at radius 3 is 2.35 bits per heavy atom. The molecule has 5 heteroatoms. The number of carbonyl (C=O) groups excluding carboxylic acids is 1. The van der Waals surface area contributed by atoms with Gasteiger partial charge in [0.25, 0.3) is 0 Å². The molecular weight excluding hydrogens is 222 g/mol. The van der Waals surface area contributed by atoms with Crippen LogP contribution >= 0.6 is 0 Å². The Morgan fingerprint density at radius 1 is 1.41 bits per heavy atom. The van der Waals surface area contributed by atoms with Crippen LogP contribution in [0.1, 0.15) is 34.1 Å². The van der Waals surface area contributed by atoms with Crippen LogP contribution in [0.5, 0.6) is 0 Å². The van der Waals surface area contributed by atoms with Crippen molar-refractivity contribution in [3.63, 3.8) is 0 Å². The highest BCUT2D eigenvalue weighted by molar-refractivity contribution is 5.69. The van der Waals surface area contributed by atoms with Gasteiger partial charge in [-0.15, -0.1) is 0 Å². The maximum atomic E-state index is 11.6. The van der Waals surface area contributed by atoms with Crippen LogP contribution in [0.15, 0.2) is 0 Å². The van der Waals surface area contributed by atoms with Gasteiger partial charge in [-0.05, 0) is 32.6 Å². The van der Waals surface area contributed by atoms with Crippen LogP contribution in [0.4, 0.5) is 4.79 Å². The van der Waals surface area contributed by atoms with Crippen molar-refractivity contribution in [3.8, 4) is 0 Å². The third kappa shape index (κ3) is 4.24. The Bertz CT molecular complexity index is 302. The van der Waals surface area contributed by atoms with Crippen molar-refractivity contribution < 1.29 is 19.4 Å². The van der Waals surface area contributed by atoms with Crippen molar-refractivity contribution in [2.24, 2.45) is 11.8 Å². The summed E-state index contributed by atoms with van der Waals surface area (Å²) in [5.41, 5.74) is -0.477. The second-order valence-corrected chi connectivity index (χ2v) is 5.72. The topological polar surface area (TPSA) is 66.8 Å². The zero-order valence-corrected chi connectivity index (χ0v) is 10.9. The molecule has 0 aromatic heterocycles. The first-order valence-corrected chi connectivity index (χ1v) is 5.89. The molecule has 1 saturated heterocycles. The molecule has 0 aromatic rings. The van der Waals surface area contributed by atoms with Gasteiger partial charge < -0.3 is 14.7 Å². The average Bonchev–Trinajstić information content (AvgIpc) is 1.94. The predicted molar refractivity (Wildman–Crippen MR) is 62.7 cm³/mol. The quantitative estimate of drug-likeness (QED) is 0.822. The molecule has 0 bridgehead atoms. The number of carboxylic acids is 1. The molecule has 17 heavy (non-hydrogen) atoms. The highest BCUT2D eigenvalue weighted by Crippen LogP contribution is 2.27. The molecule has 1 aliphatic rings. The van der Waals surface area contributed by atoms with Gasteiger partial charge in [-0.2, -0.15) is 0 Å². The van der Waals surface area contributed by atoms with Crippen molar-refractivity contribution in [1.29, 1.82) is 0 Å². The molecule has 1 atom stereocenters. The van der Waals surface area contributed by atoms with Crippen LogP contribution in [0.25, 0.3) is 0 Å². The minimum Gasteiger partial charge on any atom is -0.481 e. The van der Waals surface area contributed by atoms with E-state index in [0.717, 1.165) is 0 Å². The van der Waals surface area contributed by atoms with Crippen molar-refractivity contribution >= 4 is 12.1 Å². The smallest absolute Gasteiger partial charge is 0.410 e. The molecule has 5 nitrogen and oxygen atoms in total. The summed E-state index contributed by atoms with van der Waals surface area (Å²) < 4.78 is 5.22. The van der Waals surface area contributed by atoms with Crippen LogP contribution in [0.2, 0.25) is 0 Å². The minimum atomic E-state index is -0.784. The molecule has 0 aromatic carbocycles. The molecule has 0 saturated carbocycles. The summed E-state index contributed by atoms with van der Waals surface area (Å²) in [6, 6.07) is 0. The van der Waals surface area contributed by atoms with Crippen molar-refractivity contribution in [1.82, 2.24) is 4.90 Å². The Morgan fingerprint density at radius 2 is 1.94 bits per heavy atom. The number of aliphatic carboxylic acids is 1. The van der Waals surface area contributed by atoms with Crippen LogP contribution in [-0.2, 0) is 9.53 Å². The first-order chi connectivity index (χ1) is 7.69. The van der Waals surface area contributed by atoms with E-state index in [1.807, 2.05) is 27.7 Å². The fourth-order valence-corrected chi connectivity index (χ4v) is 1.79. The molecule has 1 aliphatic heterocycles. The molecule has 0 radical (unpaired) electrons. The number of hydrogen-bond acceptors (Lipinski definition) is 3. The van der Waals surface area contributed by atoms with E-state index in [9.17, 15) is 9.59 Å². The van der Waals surface area contributed by atoms with Crippen molar-refractivity contribution in [2.75, 3.05) is 13.1 Å². The number of nitrogens with zero attached hydrogens (tertiary/aromatic N) is 1. The summed E-state index contributed by atoms with van der Waals surface area (Å²) in [5, 5.41) is 8.68. The van der Waals surface area contributed by atoms with Crippen molar-refractivity contribution in [3.05, 3.63) is 0 Å². The molecule has 1 heterocycles. The zero-order chi connectivity index (χ0) is 13.2. The van der Waals surface area contributed by atoms with Gasteiger partial charge in [-0.1, -0.05) is 6.92 Å². The van der Waals surface area contributed by atoms with Gasteiger partial charge in [0.1, 0.15) is 5.60 Å². The highest BCUT2D eigenvalue weighted by Gasteiger charge is 2.36. The largest absolute Gasteiger partial charge is 0.481 e. The fourth-order valence-electron chi connectivity index (χ4n) is 1.79. The van der Waals surface area contributed by atoms with E-state index in [-0.39, 0.29) is 24.3 Å². The number of likely N-dealkylation sites (tertiary alicyclic amines) is 1. The fraction of sp³-hybridized carbons (Fsp3) is 0.833. The van der Waals surface area contributed by atoms with Gasteiger partial charge in [0, 0.05) is 19.5 Å². The first kappa shape index (κ1) is 13.8. The van der Waals surface area contributed by atoms with Crippen molar-refractivity contribution in [2.45, 2.75) is 39.7 Å². The first-order valence-electron chi connectivity index (χ1n) is 5.89. The van der Waals surface area contributed by atoms with Crippen LogP contribution in [-0.4, -0.2) is 40.8 Å². The predicted octanol–water partition coefficient (Wildman–Crippen LogP) is 1.96. The second kappa shape index (κ2) is 4.94. The number of carboxylic acid groups (broad SMARTS) is 1. The molecule has 0 aliphatic carbocycles. The van der Waals surface area contributed by atoms with Crippen LogP contribution < -0.4 is 0 Å². The van der Waals surface area contributed by atoms with E-state index >= 15 is 0 Å². The summed E-state index contributed by atoms with van der Waals surface area (Å²) in [5.74, 6) is -0.405. The summed E-state index contributed by atoms with van der Waals surface area (Å²) in [4.78, 5) is 23.8. The SMILES string of the molecule is CC(CC(=O)O)C1CN(C(=O)OC(C)(C)C)C1. The van der Waals surface area contributed by atoms with Gasteiger partial charge >= 0.3 is 12.1 Å². The molecule has 1 fully saturated rings. The maximum Gasteiger partial charge on any atom is 0.410 e. The Kier molecular flexibility index (Phi) is 4.01. The lowest BCUT2D eigenvalue weighted by Gasteiger charge is -2.42. The maximum absolute atomic E-state index is 11.6. The molecule has 1 amide bonds. The summed E-state index contributed by atoms with van der Waals surface area (Å²) in [6.07, 6.45) is -0.149. The molecule has 1 N–H and O–H groups in total. The van der Waals surface area contributed by atoms with E-state index in [0.29, 0.717) is 13.1 Å². The van der Waals surface area contributed by atoms with Gasteiger partial charge in [0.15, 0.2) is 0 Å². The minimum absolute atomic E-state index is 0.103. The Labute approximate surface area is 102 Å². The number of hydrogen-bond donors (Lipinski definition) is 1. The Balaban J connectivity index is 2.31. The van der Waals surface area contributed by atoms with Crippen LogP contribution in [0, 0.1) is 11.8 Å². The van der Waals surface area contributed by atoms with E-state index in [4.69, 9.17) is 9.84 Å². The van der Waals surface area contributed by atoms with E-state index < -0.39 is 11.6 Å². The lowest BCUT2D eigenvalue weighted by molar-refractivity contribution is -0.138. The molecule has 1 unspecified atom stereocenters. The van der Waals surface area contributed by atoms with Gasteiger partial charge in [0.05, 0.1) is 0 Å². The monoisotopic (exact) mass is 243 g/mol. The standard InChI is InChI=1S/C12H21NO4/c1-8(5-10(14)15)9-6-13(7-9)11(16)17-12(2,3)4/h8-9H,5-7H2,1-4H3,(H,14,15). The number of ether oxygens (including phenoxy) is 1. The molecule has 98 valence electrons. The number of carbonyl (C=O) groups is 2. The highest BCUT2D eigenvalue weighted by atomic mass is 16.6. The zero-order valence-electron chi connectivity index (χ0n) is 10.9.